The fourth-order valence-corrected chi connectivity index (χ4v) is 2.58. The summed E-state index contributed by atoms with van der Waals surface area (Å²) in [4.78, 5) is 2.80. The summed E-state index contributed by atoms with van der Waals surface area (Å²) in [6.07, 6.45) is 0. The molecule has 0 saturated carbocycles. The van der Waals surface area contributed by atoms with Gasteiger partial charge in [-0.3, -0.25) is 4.90 Å². The number of halogens is 1. The van der Waals surface area contributed by atoms with Crippen molar-refractivity contribution in [3.05, 3.63) is 28.2 Å². The zero-order chi connectivity index (χ0) is 13.7. The predicted octanol–water partition coefficient (Wildman–Crippen LogP) is 1.83. The van der Waals surface area contributed by atoms with Crippen LogP contribution in [-0.4, -0.2) is 49.3 Å². The van der Waals surface area contributed by atoms with Crippen molar-refractivity contribution >= 4 is 38.8 Å². The number of thiocarbonyl (C=S) groups is 1. The third-order valence-corrected chi connectivity index (χ3v) is 3.81. The van der Waals surface area contributed by atoms with Crippen LogP contribution in [0.4, 0.5) is 5.69 Å². The van der Waals surface area contributed by atoms with E-state index in [0.29, 0.717) is 4.99 Å². The van der Waals surface area contributed by atoms with Gasteiger partial charge in [0.15, 0.2) is 0 Å². The van der Waals surface area contributed by atoms with Crippen molar-refractivity contribution in [3.63, 3.8) is 0 Å². The number of nitrogens with one attached hydrogen (secondary N) is 1. The largest absolute Gasteiger partial charge is 0.389 e. The van der Waals surface area contributed by atoms with E-state index >= 15 is 0 Å². The van der Waals surface area contributed by atoms with E-state index in [1.54, 1.807) is 0 Å². The van der Waals surface area contributed by atoms with Crippen LogP contribution in [0.5, 0.6) is 0 Å². The van der Waals surface area contributed by atoms with Crippen LogP contribution in [0.3, 0.4) is 0 Å². The number of morpholine rings is 1. The molecule has 0 aromatic heterocycles. The summed E-state index contributed by atoms with van der Waals surface area (Å²) in [6, 6.07) is 5.93. The first kappa shape index (κ1) is 14.7. The number of anilines is 1. The van der Waals surface area contributed by atoms with E-state index in [4.69, 9.17) is 22.7 Å². The van der Waals surface area contributed by atoms with Crippen LogP contribution in [0.2, 0.25) is 0 Å². The SMILES string of the molecule is NC(=S)c1cc(Br)ccc1NCCN1CCOCC1. The maximum atomic E-state index is 5.74. The fraction of sp³-hybridized carbons (Fsp3) is 0.462. The van der Waals surface area contributed by atoms with E-state index in [1.165, 1.54) is 0 Å². The molecule has 1 aliphatic rings. The zero-order valence-electron chi connectivity index (χ0n) is 10.7. The van der Waals surface area contributed by atoms with Gasteiger partial charge >= 0.3 is 0 Å². The monoisotopic (exact) mass is 343 g/mol. The van der Waals surface area contributed by atoms with E-state index in [1.807, 2.05) is 18.2 Å². The van der Waals surface area contributed by atoms with Gasteiger partial charge in [-0.2, -0.15) is 0 Å². The molecule has 4 nitrogen and oxygen atoms in total. The van der Waals surface area contributed by atoms with Crippen molar-refractivity contribution in [3.8, 4) is 0 Å². The second kappa shape index (κ2) is 7.19. The maximum Gasteiger partial charge on any atom is 0.106 e. The summed E-state index contributed by atoms with van der Waals surface area (Å²) in [5.74, 6) is 0. The summed E-state index contributed by atoms with van der Waals surface area (Å²) < 4.78 is 6.31. The molecule has 0 radical (unpaired) electrons. The van der Waals surface area contributed by atoms with Crippen LogP contribution in [-0.2, 0) is 4.74 Å². The number of nitrogens with zero attached hydrogens (tertiary/aromatic N) is 1. The Morgan fingerprint density at radius 1 is 1.42 bits per heavy atom. The van der Waals surface area contributed by atoms with Gasteiger partial charge in [-0.25, -0.2) is 0 Å². The molecule has 0 unspecified atom stereocenters. The van der Waals surface area contributed by atoms with Crippen molar-refractivity contribution in [2.24, 2.45) is 5.73 Å². The molecule has 0 spiro atoms. The molecule has 0 aliphatic carbocycles. The fourth-order valence-electron chi connectivity index (χ4n) is 2.05. The van der Waals surface area contributed by atoms with Gasteiger partial charge in [-0.1, -0.05) is 28.1 Å². The number of rotatable bonds is 5. The van der Waals surface area contributed by atoms with Crippen molar-refractivity contribution in [2.75, 3.05) is 44.7 Å². The molecule has 104 valence electrons. The van der Waals surface area contributed by atoms with Crippen LogP contribution in [0.1, 0.15) is 5.56 Å². The van der Waals surface area contributed by atoms with E-state index in [9.17, 15) is 0 Å². The highest BCUT2D eigenvalue weighted by Crippen LogP contribution is 2.20. The van der Waals surface area contributed by atoms with E-state index in [-0.39, 0.29) is 0 Å². The van der Waals surface area contributed by atoms with E-state index < -0.39 is 0 Å². The number of nitrogens with two attached hydrogens (primary N) is 1. The second-order valence-corrected chi connectivity index (χ2v) is 5.79. The average molecular weight is 344 g/mol. The summed E-state index contributed by atoms with van der Waals surface area (Å²) >= 11 is 8.51. The maximum absolute atomic E-state index is 5.74. The highest BCUT2D eigenvalue weighted by molar-refractivity contribution is 9.10. The minimum Gasteiger partial charge on any atom is -0.389 e. The average Bonchev–Trinajstić information content (AvgIpc) is 2.41. The Morgan fingerprint density at radius 3 is 2.84 bits per heavy atom. The van der Waals surface area contributed by atoms with Crippen LogP contribution in [0, 0.1) is 0 Å². The van der Waals surface area contributed by atoms with Gasteiger partial charge in [0.05, 0.1) is 13.2 Å². The number of hydrogen-bond donors (Lipinski definition) is 2. The molecule has 0 amide bonds. The molecular weight excluding hydrogens is 326 g/mol. The van der Waals surface area contributed by atoms with Crippen molar-refractivity contribution < 1.29 is 4.74 Å². The molecule has 1 aliphatic heterocycles. The van der Waals surface area contributed by atoms with Gasteiger partial charge < -0.3 is 15.8 Å². The molecule has 19 heavy (non-hydrogen) atoms. The van der Waals surface area contributed by atoms with Gasteiger partial charge in [0, 0.05) is 41.9 Å². The van der Waals surface area contributed by atoms with E-state index in [0.717, 1.165) is 55.1 Å². The minimum atomic E-state index is 0.412. The lowest BCUT2D eigenvalue weighted by Gasteiger charge is -2.26. The third-order valence-electron chi connectivity index (χ3n) is 3.09. The summed E-state index contributed by atoms with van der Waals surface area (Å²) in [6.45, 7) is 5.54. The standard InChI is InChI=1S/C13H18BrN3OS/c14-10-1-2-12(11(9-10)13(15)19)16-3-4-17-5-7-18-8-6-17/h1-2,9,16H,3-8H2,(H2,15,19). The Kier molecular flexibility index (Phi) is 5.57. The molecule has 1 saturated heterocycles. The Hall–Kier alpha value is -0.690. The Morgan fingerprint density at radius 2 is 2.16 bits per heavy atom. The smallest absolute Gasteiger partial charge is 0.106 e. The highest BCUT2D eigenvalue weighted by Gasteiger charge is 2.10. The number of ether oxygens (including phenoxy) is 1. The molecule has 0 atom stereocenters. The number of benzene rings is 1. The third kappa shape index (κ3) is 4.42. The van der Waals surface area contributed by atoms with Crippen molar-refractivity contribution in [1.82, 2.24) is 4.90 Å². The number of hydrogen-bond acceptors (Lipinski definition) is 4. The highest BCUT2D eigenvalue weighted by atomic mass is 79.9. The molecule has 0 bridgehead atoms. The van der Waals surface area contributed by atoms with Crippen molar-refractivity contribution in [1.29, 1.82) is 0 Å². The van der Waals surface area contributed by atoms with Gasteiger partial charge in [0.25, 0.3) is 0 Å². The molecule has 1 heterocycles. The first-order valence-corrected chi connectivity index (χ1v) is 7.50. The van der Waals surface area contributed by atoms with E-state index in [2.05, 4.69) is 26.1 Å². The van der Waals surface area contributed by atoms with Gasteiger partial charge in [0.1, 0.15) is 4.99 Å². The Balaban J connectivity index is 1.89. The molecular formula is C13H18BrN3OS. The molecule has 6 heteroatoms. The minimum absolute atomic E-state index is 0.412. The predicted molar refractivity (Wildman–Crippen MR) is 85.8 cm³/mol. The summed E-state index contributed by atoms with van der Waals surface area (Å²) in [5.41, 5.74) is 7.61. The topological polar surface area (TPSA) is 50.5 Å². The van der Waals surface area contributed by atoms with Gasteiger partial charge in [-0.05, 0) is 18.2 Å². The molecule has 1 aromatic carbocycles. The molecule has 3 N–H and O–H groups in total. The van der Waals surface area contributed by atoms with Crippen LogP contribution >= 0.6 is 28.1 Å². The van der Waals surface area contributed by atoms with Crippen LogP contribution < -0.4 is 11.1 Å². The quantitative estimate of drug-likeness (QED) is 0.799. The zero-order valence-corrected chi connectivity index (χ0v) is 13.1. The molecule has 2 rings (SSSR count). The van der Waals surface area contributed by atoms with Crippen LogP contribution in [0.15, 0.2) is 22.7 Å². The molecule has 1 aromatic rings. The lowest BCUT2D eigenvalue weighted by atomic mass is 10.2. The van der Waals surface area contributed by atoms with Crippen molar-refractivity contribution in [2.45, 2.75) is 0 Å². The Bertz CT molecular complexity index is 450. The summed E-state index contributed by atoms with van der Waals surface area (Å²) in [5, 5.41) is 3.40. The molecule has 1 fully saturated rings. The summed E-state index contributed by atoms with van der Waals surface area (Å²) in [7, 11) is 0. The first-order chi connectivity index (χ1) is 9.16. The Labute approximate surface area is 127 Å². The van der Waals surface area contributed by atoms with Crippen LogP contribution in [0.25, 0.3) is 0 Å². The first-order valence-electron chi connectivity index (χ1n) is 6.30. The van der Waals surface area contributed by atoms with Gasteiger partial charge in [-0.15, -0.1) is 0 Å². The second-order valence-electron chi connectivity index (χ2n) is 4.43. The lowest BCUT2D eigenvalue weighted by Crippen LogP contribution is -2.39. The lowest BCUT2D eigenvalue weighted by molar-refractivity contribution is 0.0398. The van der Waals surface area contributed by atoms with Gasteiger partial charge in [0.2, 0.25) is 0 Å². The normalized spacial score (nSPS) is 16.3.